The van der Waals surface area contributed by atoms with Crippen molar-refractivity contribution in [2.45, 2.75) is 39.0 Å². The third-order valence-corrected chi connectivity index (χ3v) is 3.61. The van der Waals surface area contributed by atoms with Gasteiger partial charge in [-0.1, -0.05) is 13.3 Å². The van der Waals surface area contributed by atoms with E-state index in [4.69, 9.17) is 19.0 Å². The van der Waals surface area contributed by atoms with Gasteiger partial charge >= 0.3 is 11.6 Å². The van der Waals surface area contributed by atoms with E-state index in [1.165, 1.54) is 6.07 Å². The Morgan fingerprint density at radius 3 is 2.64 bits per heavy atom. The van der Waals surface area contributed by atoms with Gasteiger partial charge in [0.25, 0.3) is 0 Å². The molecule has 1 aromatic carbocycles. The lowest BCUT2D eigenvalue weighted by atomic mass is 10.2. The zero-order chi connectivity index (χ0) is 18.2. The zero-order valence-corrected chi connectivity index (χ0v) is 14.1. The van der Waals surface area contributed by atoms with Crippen molar-refractivity contribution in [1.82, 2.24) is 0 Å². The number of ether oxygens (including phenoxy) is 2. The minimum absolute atomic E-state index is 0.102. The van der Waals surface area contributed by atoms with Gasteiger partial charge in [0.1, 0.15) is 11.3 Å². The third kappa shape index (κ3) is 5.14. The van der Waals surface area contributed by atoms with Gasteiger partial charge in [-0.3, -0.25) is 4.79 Å². The number of hydrogen-bond acceptors (Lipinski definition) is 6. The van der Waals surface area contributed by atoms with Crippen LogP contribution in [0, 0.1) is 0 Å². The zero-order valence-electron chi connectivity index (χ0n) is 14.1. The Kier molecular flexibility index (Phi) is 6.68. The lowest BCUT2D eigenvalue weighted by molar-refractivity contribution is -0.137. The fraction of sp³-hybridized carbons (Fsp3) is 0.444. The number of carbonyl (C=O) groups is 1. The topological polar surface area (TPSA) is 106 Å². The molecule has 0 radical (unpaired) electrons. The van der Waals surface area contributed by atoms with Crippen LogP contribution in [-0.2, 0) is 4.79 Å². The highest BCUT2D eigenvalue weighted by Gasteiger charge is 2.16. The van der Waals surface area contributed by atoms with Crippen LogP contribution in [0.2, 0.25) is 0 Å². The number of rotatable bonds is 10. The molecule has 0 bridgehead atoms. The maximum absolute atomic E-state index is 12.0. The minimum atomic E-state index is -0.833. The van der Waals surface area contributed by atoms with Crippen molar-refractivity contribution < 1.29 is 28.9 Å². The number of hydrogen-bond donors (Lipinski definition) is 2. The second-order valence-electron chi connectivity index (χ2n) is 5.63. The van der Waals surface area contributed by atoms with Crippen LogP contribution in [-0.4, -0.2) is 29.4 Å². The summed E-state index contributed by atoms with van der Waals surface area (Å²) in [7, 11) is 0. The molecule has 0 amide bonds. The van der Waals surface area contributed by atoms with Crippen molar-refractivity contribution in [3.05, 3.63) is 28.6 Å². The summed E-state index contributed by atoms with van der Waals surface area (Å²) in [6.45, 7) is 2.68. The Hall–Kier alpha value is -2.70. The van der Waals surface area contributed by atoms with Crippen LogP contribution in [0.4, 0.5) is 0 Å². The molecule has 0 spiro atoms. The number of carboxylic acid groups (broad SMARTS) is 1. The molecule has 0 aliphatic heterocycles. The van der Waals surface area contributed by atoms with Gasteiger partial charge in [0, 0.05) is 12.5 Å². The Balaban J connectivity index is 2.08. The van der Waals surface area contributed by atoms with Crippen LogP contribution in [0.25, 0.3) is 11.0 Å². The molecule has 0 saturated carbocycles. The van der Waals surface area contributed by atoms with E-state index in [0.29, 0.717) is 37.2 Å². The van der Waals surface area contributed by atoms with E-state index in [1.807, 2.05) is 6.92 Å². The van der Waals surface area contributed by atoms with Crippen molar-refractivity contribution in [3.63, 3.8) is 0 Å². The molecule has 1 heterocycles. The summed E-state index contributed by atoms with van der Waals surface area (Å²) in [5.74, 6) is -0.774. The van der Waals surface area contributed by atoms with E-state index in [0.717, 1.165) is 12.8 Å². The molecule has 2 N–H and O–H groups in total. The molecule has 7 nitrogen and oxygen atoms in total. The Morgan fingerprint density at radius 1 is 1.16 bits per heavy atom. The molecule has 7 heteroatoms. The molecule has 2 rings (SSSR count). The van der Waals surface area contributed by atoms with Crippen LogP contribution in [0.3, 0.4) is 0 Å². The first-order chi connectivity index (χ1) is 12.0. The van der Waals surface area contributed by atoms with Gasteiger partial charge < -0.3 is 24.1 Å². The number of carboxylic acids is 1. The minimum Gasteiger partial charge on any atom is -0.504 e. The number of unbranched alkanes of at least 4 members (excludes halogenated alkanes) is 2. The van der Waals surface area contributed by atoms with E-state index < -0.39 is 11.6 Å². The fourth-order valence-electron chi connectivity index (χ4n) is 2.25. The van der Waals surface area contributed by atoms with Crippen LogP contribution < -0.4 is 15.1 Å². The van der Waals surface area contributed by atoms with Gasteiger partial charge in [-0.2, -0.15) is 0 Å². The van der Waals surface area contributed by atoms with Crippen molar-refractivity contribution >= 4 is 16.9 Å². The third-order valence-electron chi connectivity index (χ3n) is 3.61. The predicted octanol–water partition coefficient (Wildman–Crippen LogP) is 3.31. The smallest absolute Gasteiger partial charge is 0.383 e. The van der Waals surface area contributed by atoms with Gasteiger partial charge in [0.2, 0.25) is 5.75 Å². The summed E-state index contributed by atoms with van der Waals surface area (Å²) in [5, 5.41) is 19.2. The monoisotopic (exact) mass is 350 g/mol. The van der Waals surface area contributed by atoms with Crippen molar-refractivity contribution in [2.75, 3.05) is 13.2 Å². The highest BCUT2D eigenvalue weighted by atomic mass is 16.5. The summed E-state index contributed by atoms with van der Waals surface area (Å²) >= 11 is 0. The lowest BCUT2D eigenvalue weighted by Gasteiger charge is -2.10. The standard InChI is InChI=1S/C18H22O7/c1-2-3-9-24-17-16(21)13-8-7-12(11-14(13)25-18(17)22)23-10-5-4-6-15(19)20/h7-8,11,21H,2-6,9-10H2,1H3,(H,19,20). The Bertz CT molecular complexity index is 779. The highest BCUT2D eigenvalue weighted by Crippen LogP contribution is 2.33. The summed E-state index contributed by atoms with van der Waals surface area (Å²) in [6, 6.07) is 4.76. The number of benzene rings is 1. The summed E-state index contributed by atoms with van der Waals surface area (Å²) in [6.07, 6.45) is 2.91. The molecule has 136 valence electrons. The van der Waals surface area contributed by atoms with Crippen molar-refractivity contribution in [3.8, 4) is 17.2 Å². The van der Waals surface area contributed by atoms with Crippen molar-refractivity contribution in [1.29, 1.82) is 0 Å². The maximum Gasteiger partial charge on any atom is 0.383 e. The van der Waals surface area contributed by atoms with Crippen LogP contribution in [0.15, 0.2) is 27.4 Å². The first-order valence-corrected chi connectivity index (χ1v) is 8.30. The first kappa shape index (κ1) is 18.6. The van der Waals surface area contributed by atoms with Gasteiger partial charge in [-0.15, -0.1) is 0 Å². The molecule has 0 aliphatic carbocycles. The molecule has 25 heavy (non-hydrogen) atoms. The van der Waals surface area contributed by atoms with E-state index in [-0.39, 0.29) is 23.5 Å². The molecule has 0 atom stereocenters. The summed E-state index contributed by atoms with van der Waals surface area (Å²) < 4.78 is 16.0. The Morgan fingerprint density at radius 2 is 1.92 bits per heavy atom. The molecule has 0 aliphatic rings. The van der Waals surface area contributed by atoms with Crippen LogP contribution in [0.5, 0.6) is 17.2 Å². The van der Waals surface area contributed by atoms with Gasteiger partial charge in [-0.25, -0.2) is 4.79 Å². The molecule has 1 aromatic heterocycles. The number of aliphatic carboxylic acids is 1. The van der Waals surface area contributed by atoms with E-state index in [1.54, 1.807) is 12.1 Å². The lowest BCUT2D eigenvalue weighted by Crippen LogP contribution is -2.08. The average Bonchev–Trinajstić information content (AvgIpc) is 2.57. The second-order valence-corrected chi connectivity index (χ2v) is 5.63. The molecule has 2 aromatic rings. The number of fused-ring (bicyclic) bond motifs is 1. The molecular weight excluding hydrogens is 328 g/mol. The first-order valence-electron chi connectivity index (χ1n) is 8.30. The van der Waals surface area contributed by atoms with Gasteiger partial charge in [-0.05, 0) is 31.4 Å². The van der Waals surface area contributed by atoms with E-state index in [2.05, 4.69) is 0 Å². The fourth-order valence-corrected chi connectivity index (χ4v) is 2.25. The normalized spacial score (nSPS) is 10.8. The van der Waals surface area contributed by atoms with E-state index in [9.17, 15) is 14.7 Å². The molecule has 0 saturated heterocycles. The molecular formula is C18H22O7. The van der Waals surface area contributed by atoms with Gasteiger partial charge in [0.15, 0.2) is 5.75 Å². The molecule has 0 fully saturated rings. The quantitative estimate of drug-likeness (QED) is 0.500. The van der Waals surface area contributed by atoms with Crippen molar-refractivity contribution in [2.24, 2.45) is 0 Å². The second kappa shape index (κ2) is 8.96. The van der Waals surface area contributed by atoms with E-state index >= 15 is 0 Å². The van der Waals surface area contributed by atoms with Crippen LogP contribution in [0.1, 0.15) is 39.0 Å². The summed E-state index contributed by atoms with van der Waals surface area (Å²) in [4.78, 5) is 22.4. The largest absolute Gasteiger partial charge is 0.504 e. The van der Waals surface area contributed by atoms with Gasteiger partial charge in [0.05, 0.1) is 18.6 Å². The highest BCUT2D eigenvalue weighted by molar-refractivity contribution is 5.86. The predicted molar refractivity (Wildman–Crippen MR) is 91.5 cm³/mol. The van der Waals surface area contributed by atoms with Crippen LogP contribution >= 0.6 is 0 Å². The SMILES string of the molecule is CCCCOc1c(O)c2ccc(OCCCCC(=O)O)cc2oc1=O. The maximum atomic E-state index is 12.0. The molecule has 0 unspecified atom stereocenters. The Labute approximate surface area is 144 Å². The average molecular weight is 350 g/mol. The summed E-state index contributed by atoms with van der Waals surface area (Å²) in [5.41, 5.74) is -0.534. The number of aromatic hydroxyl groups is 1.